The van der Waals surface area contributed by atoms with Crippen LogP contribution in [0.25, 0.3) is 0 Å². The van der Waals surface area contributed by atoms with Crippen molar-refractivity contribution < 1.29 is 0 Å². The molecule has 0 saturated heterocycles. The second-order valence-corrected chi connectivity index (χ2v) is 9.88. The van der Waals surface area contributed by atoms with Gasteiger partial charge in [-0.25, -0.2) is 0 Å². The van der Waals surface area contributed by atoms with Crippen molar-refractivity contribution >= 4 is 44.3 Å². The summed E-state index contributed by atoms with van der Waals surface area (Å²) in [5, 5.41) is 11.9. The SMILES string of the molecule is Brc1ccsc1.C.CCCCC(CC)CN.CCCCC(CC)CNc1ccsc1. The van der Waals surface area contributed by atoms with Gasteiger partial charge in [0.2, 0.25) is 0 Å². The molecule has 2 aromatic rings. The van der Waals surface area contributed by atoms with Crippen LogP contribution in [0.15, 0.2) is 38.1 Å². The second kappa shape index (κ2) is 23.3. The zero-order chi connectivity index (χ0) is 21.7. The summed E-state index contributed by atoms with van der Waals surface area (Å²) in [4.78, 5) is 0. The zero-order valence-electron chi connectivity index (χ0n) is 19.0. The first kappa shape index (κ1) is 31.8. The summed E-state index contributed by atoms with van der Waals surface area (Å²) in [7, 11) is 0. The molecule has 0 spiro atoms. The molecular weight excluding hydrogens is 472 g/mol. The quantitative estimate of drug-likeness (QED) is 0.293. The molecule has 2 heterocycles. The van der Waals surface area contributed by atoms with Crippen molar-refractivity contribution in [3.63, 3.8) is 0 Å². The van der Waals surface area contributed by atoms with Crippen LogP contribution in [0.2, 0.25) is 0 Å². The van der Waals surface area contributed by atoms with Crippen LogP contribution in [0.5, 0.6) is 0 Å². The normalized spacial score (nSPS) is 11.8. The van der Waals surface area contributed by atoms with Gasteiger partial charge in [0, 0.05) is 27.5 Å². The Balaban J connectivity index is 0. The van der Waals surface area contributed by atoms with Crippen molar-refractivity contribution in [2.45, 2.75) is 86.5 Å². The van der Waals surface area contributed by atoms with Crippen LogP contribution in [0.4, 0.5) is 5.69 Å². The first-order valence-corrected chi connectivity index (χ1v) is 13.9. The van der Waals surface area contributed by atoms with Gasteiger partial charge >= 0.3 is 0 Å². The first-order valence-electron chi connectivity index (χ1n) is 11.2. The summed E-state index contributed by atoms with van der Waals surface area (Å²) < 4.78 is 1.17. The number of hydrogen-bond donors (Lipinski definition) is 2. The molecule has 0 amide bonds. The fraction of sp³-hybridized carbons (Fsp3) is 0.680. The van der Waals surface area contributed by atoms with E-state index in [0.717, 1.165) is 24.9 Å². The summed E-state index contributed by atoms with van der Waals surface area (Å²) in [6, 6.07) is 4.17. The maximum Gasteiger partial charge on any atom is 0.0448 e. The van der Waals surface area contributed by atoms with E-state index in [1.165, 1.54) is 61.5 Å². The van der Waals surface area contributed by atoms with Gasteiger partial charge in [-0.1, -0.05) is 73.6 Å². The number of hydrogen-bond acceptors (Lipinski definition) is 4. The lowest BCUT2D eigenvalue weighted by atomic mass is 9.99. The number of nitrogens with two attached hydrogens (primary N) is 1. The van der Waals surface area contributed by atoms with E-state index >= 15 is 0 Å². The van der Waals surface area contributed by atoms with Crippen LogP contribution >= 0.6 is 38.6 Å². The Hall–Kier alpha value is -0.360. The van der Waals surface area contributed by atoms with Gasteiger partial charge in [0.1, 0.15) is 0 Å². The van der Waals surface area contributed by atoms with Gasteiger partial charge < -0.3 is 11.1 Å². The molecule has 0 aliphatic rings. The molecule has 2 unspecified atom stereocenters. The highest BCUT2D eigenvalue weighted by atomic mass is 79.9. The van der Waals surface area contributed by atoms with Gasteiger partial charge in [0.25, 0.3) is 0 Å². The zero-order valence-corrected chi connectivity index (χ0v) is 22.2. The standard InChI is InChI=1S/C12H21NS.C8H19N.C4H3BrS.CH4/c1-3-5-6-11(4-2)9-13-12-7-8-14-10-12;1-3-5-6-8(4-2)7-9;5-4-1-2-6-3-4;/h7-8,10-11,13H,3-6,9H2,1-2H3;8H,3-7,9H2,1-2H3;1-3H;1H4. The van der Waals surface area contributed by atoms with E-state index in [0.29, 0.717) is 0 Å². The van der Waals surface area contributed by atoms with Gasteiger partial charge in [-0.05, 0) is 70.0 Å². The number of nitrogens with one attached hydrogen (secondary N) is 1. The van der Waals surface area contributed by atoms with E-state index in [2.05, 4.69) is 65.8 Å². The minimum absolute atomic E-state index is 0. The Labute approximate surface area is 204 Å². The highest BCUT2D eigenvalue weighted by molar-refractivity contribution is 9.10. The van der Waals surface area contributed by atoms with Crippen LogP contribution in [0, 0.1) is 11.8 Å². The van der Waals surface area contributed by atoms with Crippen LogP contribution in [0.3, 0.4) is 0 Å². The molecule has 0 aliphatic carbocycles. The molecule has 0 fully saturated rings. The highest BCUT2D eigenvalue weighted by Crippen LogP contribution is 2.16. The molecule has 0 aliphatic heterocycles. The number of anilines is 1. The van der Waals surface area contributed by atoms with Gasteiger partial charge in [0.15, 0.2) is 0 Å². The molecule has 30 heavy (non-hydrogen) atoms. The lowest BCUT2D eigenvalue weighted by Gasteiger charge is -2.15. The highest BCUT2D eigenvalue weighted by Gasteiger charge is 2.05. The molecule has 0 aromatic carbocycles. The van der Waals surface area contributed by atoms with Crippen molar-refractivity contribution in [1.82, 2.24) is 0 Å². The molecule has 2 atom stereocenters. The molecule has 5 heteroatoms. The summed E-state index contributed by atoms with van der Waals surface area (Å²) in [5.41, 5.74) is 6.81. The topological polar surface area (TPSA) is 38.0 Å². The van der Waals surface area contributed by atoms with Gasteiger partial charge in [0.05, 0.1) is 0 Å². The number of thiophene rings is 2. The lowest BCUT2D eigenvalue weighted by molar-refractivity contribution is 0.461. The summed E-state index contributed by atoms with van der Waals surface area (Å²) >= 11 is 6.74. The Kier molecular flexibility index (Phi) is 24.7. The van der Waals surface area contributed by atoms with E-state index in [4.69, 9.17) is 5.73 Å². The Bertz CT molecular complexity index is 525. The minimum atomic E-state index is 0. The Morgan fingerprint density at radius 3 is 1.83 bits per heavy atom. The van der Waals surface area contributed by atoms with Crippen molar-refractivity contribution in [3.8, 4) is 0 Å². The van der Waals surface area contributed by atoms with Gasteiger partial charge in [-0.2, -0.15) is 22.7 Å². The van der Waals surface area contributed by atoms with Crippen LogP contribution in [-0.4, -0.2) is 13.1 Å². The number of halogens is 1. The predicted molar refractivity (Wildman–Crippen MR) is 147 cm³/mol. The second-order valence-electron chi connectivity index (χ2n) is 7.40. The third-order valence-electron chi connectivity index (χ3n) is 5.02. The molecular formula is C25H47BrN2S2. The van der Waals surface area contributed by atoms with E-state index in [-0.39, 0.29) is 7.43 Å². The Morgan fingerprint density at radius 1 is 0.900 bits per heavy atom. The largest absolute Gasteiger partial charge is 0.384 e. The minimum Gasteiger partial charge on any atom is -0.384 e. The fourth-order valence-electron chi connectivity index (χ4n) is 2.80. The maximum atomic E-state index is 5.52. The van der Waals surface area contributed by atoms with Crippen molar-refractivity contribution in [2.24, 2.45) is 17.6 Å². The average molecular weight is 520 g/mol. The van der Waals surface area contributed by atoms with Crippen LogP contribution < -0.4 is 11.1 Å². The molecule has 0 saturated carbocycles. The van der Waals surface area contributed by atoms with E-state index < -0.39 is 0 Å². The van der Waals surface area contributed by atoms with Gasteiger partial charge in [-0.3, -0.25) is 0 Å². The molecule has 176 valence electrons. The fourth-order valence-corrected chi connectivity index (χ4v) is 4.56. The van der Waals surface area contributed by atoms with Crippen molar-refractivity contribution in [2.75, 3.05) is 18.4 Å². The van der Waals surface area contributed by atoms with Crippen molar-refractivity contribution in [1.29, 1.82) is 0 Å². The molecule has 2 nitrogen and oxygen atoms in total. The number of rotatable bonds is 12. The smallest absolute Gasteiger partial charge is 0.0448 e. The molecule has 3 N–H and O–H groups in total. The molecule has 2 aromatic heterocycles. The van der Waals surface area contributed by atoms with Crippen LogP contribution in [0.1, 0.15) is 86.5 Å². The van der Waals surface area contributed by atoms with Gasteiger partial charge in [-0.15, -0.1) is 0 Å². The lowest BCUT2D eigenvalue weighted by Crippen LogP contribution is -2.13. The number of unbranched alkanes of at least 4 members (excludes halogenated alkanes) is 2. The van der Waals surface area contributed by atoms with E-state index in [9.17, 15) is 0 Å². The molecule has 0 bridgehead atoms. The molecule has 0 radical (unpaired) electrons. The van der Waals surface area contributed by atoms with E-state index in [1.54, 1.807) is 22.7 Å². The third kappa shape index (κ3) is 18.4. The summed E-state index contributed by atoms with van der Waals surface area (Å²) in [6.45, 7) is 11.0. The summed E-state index contributed by atoms with van der Waals surface area (Å²) in [6.07, 6.45) is 10.5. The first-order chi connectivity index (χ1) is 14.1. The van der Waals surface area contributed by atoms with Crippen molar-refractivity contribution in [3.05, 3.63) is 38.1 Å². The Morgan fingerprint density at radius 2 is 1.47 bits per heavy atom. The maximum absolute atomic E-state index is 5.52. The van der Waals surface area contributed by atoms with Crippen LogP contribution in [-0.2, 0) is 0 Å². The molecule has 2 rings (SSSR count). The summed E-state index contributed by atoms with van der Waals surface area (Å²) in [5.74, 6) is 1.62. The predicted octanol–water partition coefficient (Wildman–Crippen LogP) is 9.68. The monoisotopic (exact) mass is 518 g/mol. The third-order valence-corrected chi connectivity index (χ3v) is 7.19. The average Bonchev–Trinajstić information content (AvgIpc) is 3.44. The van der Waals surface area contributed by atoms with E-state index in [1.807, 2.05) is 16.8 Å².